The van der Waals surface area contributed by atoms with E-state index < -0.39 is 6.10 Å². The second kappa shape index (κ2) is 7.91. The zero-order valence-corrected chi connectivity index (χ0v) is 18.1. The number of fused-ring (bicyclic) bond motifs is 2. The third-order valence-electron chi connectivity index (χ3n) is 6.14. The number of aliphatic hydroxyl groups is 1. The molecule has 1 aliphatic carbocycles. The van der Waals surface area contributed by atoms with Gasteiger partial charge in [-0.3, -0.25) is 4.98 Å². The first-order valence-corrected chi connectivity index (χ1v) is 11.0. The number of hydrogen-bond donors (Lipinski definition) is 3. The molecule has 164 valence electrons. The molecule has 0 radical (unpaired) electrons. The van der Waals surface area contributed by atoms with Crippen LogP contribution in [0, 0.1) is 6.92 Å². The van der Waals surface area contributed by atoms with E-state index in [4.69, 9.17) is 9.97 Å². The summed E-state index contributed by atoms with van der Waals surface area (Å²) >= 11 is 0. The van der Waals surface area contributed by atoms with Gasteiger partial charge in [-0.15, -0.1) is 0 Å². The Labute approximate surface area is 190 Å². The van der Waals surface area contributed by atoms with Crippen LogP contribution in [0.1, 0.15) is 28.7 Å². The van der Waals surface area contributed by atoms with Gasteiger partial charge in [-0.05, 0) is 42.3 Å². The van der Waals surface area contributed by atoms with Crippen molar-refractivity contribution < 1.29 is 5.11 Å². The SMILES string of the molecule is Cc1cccc(-c2nc(CNC3c4ccccc4CC3O)[nH]c2-c2ccc3ncnn3c2)n1. The lowest BCUT2D eigenvalue weighted by Crippen LogP contribution is -2.28. The van der Waals surface area contributed by atoms with Gasteiger partial charge in [-0.1, -0.05) is 30.3 Å². The van der Waals surface area contributed by atoms with Crippen LogP contribution in [0.4, 0.5) is 0 Å². The van der Waals surface area contributed by atoms with Crippen molar-refractivity contribution >= 4 is 5.65 Å². The Morgan fingerprint density at radius 3 is 2.91 bits per heavy atom. The summed E-state index contributed by atoms with van der Waals surface area (Å²) in [5.74, 6) is 0.776. The van der Waals surface area contributed by atoms with Crippen molar-refractivity contribution in [1.29, 1.82) is 0 Å². The number of H-pyrrole nitrogens is 1. The topological polar surface area (TPSA) is 104 Å². The van der Waals surface area contributed by atoms with E-state index >= 15 is 0 Å². The molecule has 0 amide bonds. The summed E-state index contributed by atoms with van der Waals surface area (Å²) in [7, 11) is 0. The van der Waals surface area contributed by atoms with Gasteiger partial charge in [0.25, 0.3) is 0 Å². The molecule has 0 spiro atoms. The number of pyridine rings is 2. The number of aliphatic hydroxyl groups excluding tert-OH is 1. The maximum absolute atomic E-state index is 10.6. The molecule has 5 aromatic rings. The third kappa shape index (κ3) is 3.59. The Morgan fingerprint density at radius 2 is 2.00 bits per heavy atom. The van der Waals surface area contributed by atoms with E-state index in [0.29, 0.717) is 13.0 Å². The molecule has 0 saturated heterocycles. The van der Waals surface area contributed by atoms with E-state index in [1.165, 1.54) is 11.9 Å². The van der Waals surface area contributed by atoms with E-state index in [9.17, 15) is 5.11 Å². The zero-order valence-electron chi connectivity index (χ0n) is 18.1. The molecule has 0 aliphatic heterocycles. The number of rotatable bonds is 5. The first kappa shape index (κ1) is 19.8. The lowest BCUT2D eigenvalue weighted by Gasteiger charge is -2.17. The second-order valence-electron chi connectivity index (χ2n) is 8.38. The summed E-state index contributed by atoms with van der Waals surface area (Å²) in [4.78, 5) is 17.3. The van der Waals surface area contributed by atoms with Gasteiger partial charge < -0.3 is 15.4 Å². The highest BCUT2D eigenvalue weighted by atomic mass is 16.3. The van der Waals surface area contributed by atoms with E-state index in [1.807, 2.05) is 55.6 Å². The van der Waals surface area contributed by atoms with Crippen LogP contribution in [0.3, 0.4) is 0 Å². The molecule has 8 heteroatoms. The number of aryl methyl sites for hydroxylation is 1. The van der Waals surface area contributed by atoms with Gasteiger partial charge in [0.1, 0.15) is 17.8 Å². The maximum Gasteiger partial charge on any atom is 0.155 e. The van der Waals surface area contributed by atoms with Gasteiger partial charge in [0, 0.05) is 23.9 Å². The van der Waals surface area contributed by atoms with Crippen molar-refractivity contribution in [3.63, 3.8) is 0 Å². The molecule has 0 saturated carbocycles. The largest absolute Gasteiger partial charge is 0.391 e. The molecular weight excluding hydrogens is 414 g/mol. The average molecular weight is 438 g/mol. The van der Waals surface area contributed by atoms with Crippen molar-refractivity contribution in [2.45, 2.75) is 32.0 Å². The fraction of sp³-hybridized carbons (Fsp3) is 0.200. The molecule has 33 heavy (non-hydrogen) atoms. The molecule has 4 heterocycles. The predicted octanol–water partition coefficient (Wildman–Crippen LogP) is 3.24. The molecule has 2 unspecified atom stereocenters. The van der Waals surface area contributed by atoms with Crippen LogP contribution in [0.2, 0.25) is 0 Å². The number of nitrogens with zero attached hydrogens (tertiary/aromatic N) is 5. The summed E-state index contributed by atoms with van der Waals surface area (Å²) in [6.45, 7) is 2.46. The summed E-state index contributed by atoms with van der Waals surface area (Å²) in [5.41, 5.74) is 7.44. The van der Waals surface area contributed by atoms with Crippen LogP contribution >= 0.6 is 0 Å². The first-order chi connectivity index (χ1) is 16.2. The number of aromatic amines is 1. The Morgan fingerprint density at radius 1 is 1.09 bits per heavy atom. The van der Waals surface area contributed by atoms with Gasteiger partial charge in [0.2, 0.25) is 0 Å². The summed E-state index contributed by atoms with van der Waals surface area (Å²) in [5, 5.41) is 18.4. The quantitative estimate of drug-likeness (QED) is 0.390. The van der Waals surface area contributed by atoms with Crippen LogP contribution < -0.4 is 5.32 Å². The van der Waals surface area contributed by atoms with E-state index in [2.05, 4.69) is 32.5 Å². The molecule has 2 atom stereocenters. The van der Waals surface area contributed by atoms with E-state index in [1.54, 1.807) is 4.52 Å². The highest BCUT2D eigenvalue weighted by Gasteiger charge is 2.30. The Hall–Kier alpha value is -3.88. The van der Waals surface area contributed by atoms with Crippen LogP contribution in [0.15, 0.2) is 67.1 Å². The maximum atomic E-state index is 10.6. The average Bonchev–Trinajstić information content (AvgIpc) is 3.53. The number of imidazole rings is 1. The number of aromatic nitrogens is 6. The smallest absolute Gasteiger partial charge is 0.155 e. The minimum absolute atomic E-state index is 0.123. The molecule has 1 aromatic carbocycles. The molecule has 0 fully saturated rings. The van der Waals surface area contributed by atoms with Crippen LogP contribution in [0.5, 0.6) is 0 Å². The minimum atomic E-state index is -0.454. The van der Waals surface area contributed by atoms with Gasteiger partial charge in [-0.25, -0.2) is 14.5 Å². The van der Waals surface area contributed by atoms with E-state index in [-0.39, 0.29) is 6.04 Å². The molecule has 4 aromatic heterocycles. The Kier molecular flexibility index (Phi) is 4.74. The summed E-state index contributed by atoms with van der Waals surface area (Å²) in [6, 6.07) is 17.9. The lowest BCUT2D eigenvalue weighted by molar-refractivity contribution is 0.140. The molecule has 3 N–H and O–H groups in total. The van der Waals surface area contributed by atoms with Gasteiger partial charge >= 0.3 is 0 Å². The zero-order chi connectivity index (χ0) is 22.4. The number of hydrogen-bond acceptors (Lipinski definition) is 6. The standard InChI is InChI=1S/C25H23N7O/c1-15-5-4-8-19(29-15)25-23(17-9-10-22-27-14-28-32(22)13-17)30-21(31-25)12-26-24-18-7-3-2-6-16(18)11-20(24)33/h2-10,13-14,20,24,26,33H,11-12H2,1H3,(H,30,31). The molecule has 1 aliphatic rings. The van der Waals surface area contributed by atoms with Crippen molar-refractivity contribution in [2.75, 3.05) is 0 Å². The van der Waals surface area contributed by atoms with Crippen molar-refractivity contribution in [1.82, 2.24) is 34.9 Å². The Bertz CT molecular complexity index is 1450. The van der Waals surface area contributed by atoms with Crippen molar-refractivity contribution in [3.8, 4) is 22.6 Å². The van der Waals surface area contributed by atoms with Gasteiger partial charge in [0.05, 0.1) is 30.1 Å². The molecule has 8 nitrogen and oxygen atoms in total. The molecule has 6 rings (SSSR count). The summed E-state index contributed by atoms with van der Waals surface area (Å²) < 4.78 is 1.74. The fourth-order valence-corrected chi connectivity index (χ4v) is 4.57. The van der Waals surface area contributed by atoms with Crippen LogP contribution in [0.25, 0.3) is 28.3 Å². The van der Waals surface area contributed by atoms with Crippen LogP contribution in [-0.4, -0.2) is 40.8 Å². The van der Waals surface area contributed by atoms with Gasteiger partial charge in [0.15, 0.2) is 5.65 Å². The fourth-order valence-electron chi connectivity index (χ4n) is 4.57. The summed E-state index contributed by atoms with van der Waals surface area (Å²) in [6.07, 6.45) is 3.68. The highest BCUT2D eigenvalue weighted by molar-refractivity contribution is 5.77. The predicted molar refractivity (Wildman–Crippen MR) is 124 cm³/mol. The highest BCUT2D eigenvalue weighted by Crippen LogP contribution is 2.32. The van der Waals surface area contributed by atoms with Crippen molar-refractivity contribution in [3.05, 3.63) is 89.8 Å². The van der Waals surface area contributed by atoms with Gasteiger partial charge in [-0.2, -0.15) is 5.10 Å². The van der Waals surface area contributed by atoms with Crippen LogP contribution in [-0.2, 0) is 13.0 Å². The monoisotopic (exact) mass is 437 g/mol. The molecule has 0 bridgehead atoms. The third-order valence-corrected chi connectivity index (χ3v) is 6.14. The minimum Gasteiger partial charge on any atom is -0.391 e. The normalized spacial score (nSPS) is 17.5. The molecular formula is C25H23N7O. The van der Waals surface area contributed by atoms with E-state index in [0.717, 1.165) is 45.4 Å². The lowest BCUT2D eigenvalue weighted by atomic mass is 10.1. The number of benzene rings is 1. The number of nitrogens with one attached hydrogen (secondary N) is 2. The van der Waals surface area contributed by atoms with Crippen molar-refractivity contribution in [2.24, 2.45) is 0 Å². The second-order valence-corrected chi connectivity index (χ2v) is 8.38. The Balaban J connectivity index is 1.36. The first-order valence-electron chi connectivity index (χ1n) is 11.0.